The Balaban J connectivity index is 1.41. The van der Waals surface area contributed by atoms with E-state index in [0.29, 0.717) is 30.5 Å². The zero-order chi connectivity index (χ0) is 19.1. The van der Waals surface area contributed by atoms with E-state index in [-0.39, 0.29) is 11.9 Å². The molecule has 3 amide bonds. The molecule has 0 saturated carbocycles. The number of benzene rings is 1. The maximum absolute atomic E-state index is 12.5. The van der Waals surface area contributed by atoms with Crippen LogP contribution in [-0.4, -0.2) is 29.9 Å². The minimum Gasteiger partial charge on any atom is -0.467 e. The fourth-order valence-corrected chi connectivity index (χ4v) is 3.37. The molecule has 0 unspecified atom stereocenters. The lowest BCUT2D eigenvalue weighted by molar-refractivity contribution is -0.121. The Hall–Kier alpha value is -2.47. The summed E-state index contributed by atoms with van der Waals surface area (Å²) < 4.78 is 5.20. The van der Waals surface area contributed by atoms with Gasteiger partial charge in [0.05, 0.1) is 12.8 Å². The molecule has 1 saturated heterocycles. The van der Waals surface area contributed by atoms with Gasteiger partial charge in [0.25, 0.3) is 0 Å². The second-order valence-electron chi connectivity index (χ2n) is 6.79. The predicted octanol–water partition coefficient (Wildman–Crippen LogP) is 4.27. The van der Waals surface area contributed by atoms with Gasteiger partial charge in [-0.1, -0.05) is 11.6 Å². The number of piperidine rings is 1. The van der Waals surface area contributed by atoms with Crippen LogP contribution >= 0.6 is 11.6 Å². The molecular formula is C20H24ClN3O3. The van der Waals surface area contributed by atoms with Crippen LogP contribution in [0.5, 0.6) is 0 Å². The van der Waals surface area contributed by atoms with E-state index in [2.05, 4.69) is 10.6 Å². The summed E-state index contributed by atoms with van der Waals surface area (Å²) >= 11 is 5.87. The van der Waals surface area contributed by atoms with Crippen LogP contribution in [0.15, 0.2) is 47.1 Å². The molecule has 0 bridgehead atoms. The van der Waals surface area contributed by atoms with Crippen molar-refractivity contribution in [2.24, 2.45) is 5.92 Å². The Morgan fingerprint density at radius 3 is 2.78 bits per heavy atom. The first-order valence-electron chi connectivity index (χ1n) is 9.21. The molecule has 1 aliphatic rings. The minimum absolute atomic E-state index is 0.00846. The summed E-state index contributed by atoms with van der Waals surface area (Å²) in [5, 5.41) is 6.39. The van der Waals surface area contributed by atoms with Gasteiger partial charge < -0.3 is 20.0 Å². The van der Waals surface area contributed by atoms with Crippen molar-refractivity contribution in [1.29, 1.82) is 0 Å². The summed E-state index contributed by atoms with van der Waals surface area (Å²) in [5.41, 5.74) is 0.726. The van der Waals surface area contributed by atoms with Gasteiger partial charge in [-0.2, -0.15) is 0 Å². The van der Waals surface area contributed by atoms with Gasteiger partial charge in [-0.25, -0.2) is 4.79 Å². The first-order chi connectivity index (χ1) is 13.1. The number of rotatable bonds is 6. The maximum Gasteiger partial charge on any atom is 0.321 e. The lowest BCUT2D eigenvalue weighted by atomic mass is 9.93. The third-order valence-electron chi connectivity index (χ3n) is 4.72. The zero-order valence-electron chi connectivity index (χ0n) is 15.1. The normalized spacial score (nSPS) is 16.8. The number of anilines is 1. The van der Waals surface area contributed by atoms with E-state index in [1.807, 2.05) is 11.0 Å². The minimum atomic E-state index is -0.107. The fraction of sp³-hybridized carbons (Fsp3) is 0.400. The number of carbonyl (C=O) groups is 2. The van der Waals surface area contributed by atoms with Crippen molar-refractivity contribution in [1.82, 2.24) is 10.2 Å². The van der Waals surface area contributed by atoms with Crippen molar-refractivity contribution >= 4 is 29.2 Å². The van der Waals surface area contributed by atoms with Gasteiger partial charge in [0.2, 0.25) is 5.91 Å². The Morgan fingerprint density at radius 2 is 2.04 bits per heavy atom. The highest BCUT2D eigenvalue weighted by atomic mass is 35.5. The van der Waals surface area contributed by atoms with Crippen LogP contribution in [0.3, 0.4) is 0 Å². The Labute approximate surface area is 163 Å². The highest BCUT2D eigenvalue weighted by Gasteiger charge is 2.24. The summed E-state index contributed by atoms with van der Waals surface area (Å²) in [4.78, 5) is 26.3. The summed E-state index contributed by atoms with van der Waals surface area (Å²) in [5.74, 6) is 1.09. The van der Waals surface area contributed by atoms with E-state index in [4.69, 9.17) is 16.0 Å². The fourth-order valence-electron chi connectivity index (χ4n) is 3.24. The van der Waals surface area contributed by atoms with Crippen LogP contribution in [-0.2, 0) is 11.3 Å². The topological polar surface area (TPSA) is 74.6 Å². The second kappa shape index (κ2) is 9.46. The number of likely N-dealkylation sites (tertiary alicyclic amines) is 1. The molecule has 27 heavy (non-hydrogen) atoms. The Morgan fingerprint density at radius 1 is 1.22 bits per heavy atom. The predicted molar refractivity (Wildman–Crippen MR) is 105 cm³/mol. The van der Waals surface area contributed by atoms with Gasteiger partial charge >= 0.3 is 6.03 Å². The molecule has 1 aromatic carbocycles. The van der Waals surface area contributed by atoms with E-state index in [0.717, 1.165) is 37.3 Å². The molecule has 0 radical (unpaired) electrons. The summed E-state index contributed by atoms with van der Waals surface area (Å²) in [6.07, 6.45) is 4.81. The first-order valence-corrected chi connectivity index (χ1v) is 9.58. The van der Waals surface area contributed by atoms with Gasteiger partial charge in [-0.05, 0) is 61.6 Å². The highest BCUT2D eigenvalue weighted by Crippen LogP contribution is 2.22. The third kappa shape index (κ3) is 6.03. The number of hydrogen-bond acceptors (Lipinski definition) is 3. The van der Waals surface area contributed by atoms with E-state index < -0.39 is 0 Å². The molecule has 1 aromatic heterocycles. The number of nitrogens with zero attached hydrogens (tertiary/aromatic N) is 1. The maximum atomic E-state index is 12.5. The molecule has 0 aliphatic carbocycles. The first kappa shape index (κ1) is 19.3. The highest BCUT2D eigenvalue weighted by molar-refractivity contribution is 6.30. The van der Waals surface area contributed by atoms with Crippen LogP contribution < -0.4 is 10.6 Å². The van der Waals surface area contributed by atoms with Crippen molar-refractivity contribution < 1.29 is 14.0 Å². The number of carbonyl (C=O) groups excluding carboxylic acids is 2. The van der Waals surface area contributed by atoms with Crippen molar-refractivity contribution in [2.45, 2.75) is 32.2 Å². The number of halogens is 1. The molecule has 0 spiro atoms. The van der Waals surface area contributed by atoms with Crippen LogP contribution in [0, 0.1) is 5.92 Å². The quantitative estimate of drug-likeness (QED) is 0.774. The third-order valence-corrected chi connectivity index (χ3v) is 4.97. The van der Waals surface area contributed by atoms with Gasteiger partial charge in [0.1, 0.15) is 5.76 Å². The van der Waals surface area contributed by atoms with Crippen LogP contribution in [0.4, 0.5) is 10.5 Å². The molecule has 144 valence electrons. The molecule has 1 fully saturated rings. The Kier molecular flexibility index (Phi) is 6.76. The molecule has 2 N–H and O–H groups in total. The standard InChI is InChI=1S/C20H24ClN3O3/c21-16-6-8-17(9-7-16)23-20(26)24-11-1-3-15(14-24)5-10-19(25)22-13-18-4-2-12-27-18/h2,4,6-9,12,15H,1,3,5,10-11,13-14H2,(H,22,25)(H,23,26)/t15-/m0/s1. The molecule has 6 nitrogen and oxygen atoms in total. The smallest absolute Gasteiger partial charge is 0.321 e. The van der Waals surface area contributed by atoms with Crippen molar-refractivity contribution in [2.75, 3.05) is 18.4 Å². The van der Waals surface area contributed by atoms with Gasteiger partial charge in [-0.15, -0.1) is 0 Å². The monoisotopic (exact) mass is 389 g/mol. The number of furan rings is 1. The van der Waals surface area contributed by atoms with Gasteiger partial charge in [0, 0.05) is 30.2 Å². The molecule has 1 aliphatic heterocycles. The zero-order valence-corrected chi connectivity index (χ0v) is 15.9. The second-order valence-corrected chi connectivity index (χ2v) is 7.22. The number of urea groups is 1. The Bertz CT molecular complexity index is 746. The van der Waals surface area contributed by atoms with Crippen LogP contribution in [0.1, 0.15) is 31.4 Å². The number of nitrogens with one attached hydrogen (secondary N) is 2. The van der Waals surface area contributed by atoms with Crippen molar-refractivity contribution in [3.8, 4) is 0 Å². The van der Waals surface area contributed by atoms with E-state index in [1.54, 1.807) is 36.6 Å². The average molecular weight is 390 g/mol. The van der Waals surface area contributed by atoms with E-state index in [1.165, 1.54) is 0 Å². The van der Waals surface area contributed by atoms with Crippen LogP contribution in [0.25, 0.3) is 0 Å². The average Bonchev–Trinajstić information content (AvgIpc) is 3.20. The molecule has 7 heteroatoms. The molecular weight excluding hydrogens is 366 g/mol. The lowest BCUT2D eigenvalue weighted by Crippen LogP contribution is -2.42. The molecule has 2 aromatic rings. The molecule has 1 atom stereocenters. The van der Waals surface area contributed by atoms with Crippen molar-refractivity contribution in [3.05, 3.63) is 53.4 Å². The van der Waals surface area contributed by atoms with Gasteiger partial charge in [-0.3, -0.25) is 4.79 Å². The largest absolute Gasteiger partial charge is 0.467 e. The van der Waals surface area contributed by atoms with E-state index >= 15 is 0 Å². The SMILES string of the molecule is O=C(CC[C@@H]1CCCN(C(=O)Nc2ccc(Cl)cc2)C1)NCc1ccco1. The summed E-state index contributed by atoms with van der Waals surface area (Å²) in [6, 6.07) is 10.6. The lowest BCUT2D eigenvalue weighted by Gasteiger charge is -2.32. The van der Waals surface area contributed by atoms with Crippen molar-refractivity contribution in [3.63, 3.8) is 0 Å². The van der Waals surface area contributed by atoms with Crippen LogP contribution in [0.2, 0.25) is 5.02 Å². The number of amides is 3. The summed E-state index contributed by atoms with van der Waals surface area (Å²) in [7, 11) is 0. The molecule has 3 rings (SSSR count). The number of hydrogen-bond donors (Lipinski definition) is 2. The summed E-state index contributed by atoms with van der Waals surface area (Å²) in [6.45, 7) is 1.82. The van der Waals surface area contributed by atoms with E-state index in [9.17, 15) is 9.59 Å². The van der Waals surface area contributed by atoms with Gasteiger partial charge in [0.15, 0.2) is 0 Å². The molecule has 2 heterocycles.